The summed E-state index contributed by atoms with van der Waals surface area (Å²) in [4.78, 5) is 12.4. The van der Waals surface area contributed by atoms with Crippen LogP contribution in [0.15, 0.2) is 42.5 Å². The summed E-state index contributed by atoms with van der Waals surface area (Å²) < 4.78 is 1.99. The van der Waals surface area contributed by atoms with Crippen molar-refractivity contribution in [3.05, 3.63) is 70.4 Å². The van der Waals surface area contributed by atoms with Crippen molar-refractivity contribution in [3.8, 4) is 0 Å². The lowest BCUT2D eigenvalue weighted by Crippen LogP contribution is -2.30. The second-order valence-electron chi connectivity index (χ2n) is 9.15. The van der Waals surface area contributed by atoms with Gasteiger partial charge in [-0.2, -0.15) is 0 Å². The smallest absolute Gasteiger partial charge is 0.352 e. The number of nitrogens with one attached hydrogen (secondary N) is 1. The van der Waals surface area contributed by atoms with E-state index in [2.05, 4.69) is 61.6 Å². The Morgan fingerprint density at radius 1 is 0.968 bits per heavy atom. The normalized spacial score (nSPS) is 15.7. The molecule has 1 heterocycles. The molecule has 1 saturated carbocycles. The van der Waals surface area contributed by atoms with Crippen molar-refractivity contribution >= 4 is 16.9 Å². The first-order valence-electron chi connectivity index (χ1n) is 11.7. The molecule has 0 amide bonds. The Bertz CT molecular complexity index is 1040. The Morgan fingerprint density at radius 3 is 2.29 bits per heavy atom. The third kappa shape index (κ3) is 5.01. The molecule has 31 heavy (non-hydrogen) atoms. The largest absolute Gasteiger partial charge is 0.477 e. The molecule has 2 N–H and O–H groups in total. The predicted molar refractivity (Wildman–Crippen MR) is 127 cm³/mol. The Hall–Kier alpha value is -2.59. The van der Waals surface area contributed by atoms with Crippen molar-refractivity contribution in [2.75, 3.05) is 0 Å². The first-order chi connectivity index (χ1) is 15.0. The van der Waals surface area contributed by atoms with Gasteiger partial charge in [0.2, 0.25) is 0 Å². The van der Waals surface area contributed by atoms with Crippen molar-refractivity contribution in [1.82, 2.24) is 9.88 Å². The highest BCUT2D eigenvalue weighted by molar-refractivity contribution is 5.98. The predicted octanol–water partition coefficient (Wildman–Crippen LogP) is 6.21. The molecular formula is C27H34N2O2. The highest BCUT2D eigenvalue weighted by Gasteiger charge is 2.23. The second kappa shape index (κ2) is 9.69. The van der Waals surface area contributed by atoms with E-state index in [0.717, 1.165) is 27.6 Å². The number of aryl methyl sites for hydroxylation is 2. The second-order valence-corrected chi connectivity index (χ2v) is 9.15. The molecule has 0 radical (unpaired) electrons. The molecule has 4 rings (SSSR count). The van der Waals surface area contributed by atoms with E-state index in [9.17, 15) is 9.90 Å². The number of carboxylic acids is 1. The number of carbonyl (C=O) groups is 1. The minimum Gasteiger partial charge on any atom is -0.477 e. The number of carboxylic acid groups (broad SMARTS) is 1. The van der Waals surface area contributed by atoms with E-state index in [4.69, 9.17) is 0 Å². The van der Waals surface area contributed by atoms with Gasteiger partial charge in [0.05, 0.1) is 0 Å². The van der Waals surface area contributed by atoms with Crippen LogP contribution >= 0.6 is 0 Å². The van der Waals surface area contributed by atoms with Crippen LogP contribution in [-0.4, -0.2) is 21.7 Å². The van der Waals surface area contributed by atoms with Gasteiger partial charge in [-0.25, -0.2) is 4.79 Å². The molecular weight excluding hydrogens is 384 g/mol. The number of aromatic nitrogens is 1. The summed E-state index contributed by atoms with van der Waals surface area (Å²) in [7, 11) is 0. The van der Waals surface area contributed by atoms with Crippen LogP contribution in [0.25, 0.3) is 10.9 Å². The zero-order valence-corrected chi connectivity index (χ0v) is 18.8. The summed E-state index contributed by atoms with van der Waals surface area (Å²) >= 11 is 0. The van der Waals surface area contributed by atoms with Crippen molar-refractivity contribution in [3.63, 3.8) is 0 Å². The van der Waals surface area contributed by atoms with Gasteiger partial charge in [-0.3, -0.25) is 0 Å². The molecule has 1 aliphatic carbocycles. The molecule has 1 aromatic heterocycles. The molecule has 2 aromatic carbocycles. The lowest BCUT2D eigenvalue weighted by Gasteiger charge is -2.21. The molecule has 0 atom stereocenters. The molecule has 3 aromatic rings. The van der Waals surface area contributed by atoms with Gasteiger partial charge < -0.3 is 15.0 Å². The molecule has 164 valence electrons. The maximum atomic E-state index is 12.4. The zero-order valence-electron chi connectivity index (χ0n) is 18.8. The zero-order chi connectivity index (χ0) is 21.8. The minimum absolute atomic E-state index is 0.416. The summed E-state index contributed by atoms with van der Waals surface area (Å²) in [6.45, 7) is 5.30. The number of hydrogen-bond acceptors (Lipinski definition) is 2. The van der Waals surface area contributed by atoms with Crippen molar-refractivity contribution in [2.24, 2.45) is 0 Å². The topological polar surface area (TPSA) is 54.3 Å². The number of nitrogens with zero attached hydrogens (tertiary/aromatic N) is 1. The van der Waals surface area contributed by atoms with E-state index < -0.39 is 5.97 Å². The van der Waals surface area contributed by atoms with E-state index in [0.29, 0.717) is 24.8 Å². The van der Waals surface area contributed by atoms with Gasteiger partial charge in [0.15, 0.2) is 0 Å². The third-order valence-corrected chi connectivity index (χ3v) is 6.66. The molecule has 0 aliphatic heterocycles. The van der Waals surface area contributed by atoms with E-state index in [1.54, 1.807) is 0 Å². The maximum absolute atomic E-state index is 12.4. The molecule has 1 fully saturated rings. The summed E-state index contributed by atoms with van der Waals surface area (Å²) in [6.07, 6.45) is 8.87. The molecule has 0 spiro atoms. The fourth-order valence-electron chi connectivity index (χ4n) is 4.90. The third-order valence-electron chi connectivity index (χ3n) is 6.66. The van der Waals surface area contributed by atoms with Gasteiger partial charge in [0.1, 0.15) is 5.69 Å². The van der Waals surface area contributed by atoms with Gasteiger partial charge in [-0.05, 0) is 43.9 Å². The molecule has 0 saturated heterocycles. The molecule has 0 unspecified atom stereocenters. The maximum Gasteiger partial charge on any atom is 0.352 e. The summed E-state index contributed by atoms with van der Waals surface area (Å²) in [5.41, 5.74) is 5.81. The lowest BCUT2D eigenvalue weighted by molar-refractivity contribution is 0.0684. The van der Waals surface area contributed by atoms with Crippen molar-refractivity contribution in [2.45, 2.75) is 77.9 Å². The standard InChI is InChI=1S/C27H34N2O2/c1-19-10-13-21(14-11-19)18-29-25-16-20(2)12-15-23(25)24(26(29)27(30)31)17-28-22-8-6-4-3-5-7-9-22/h10-16,22,28H,3-9,17-18H2,1-2H3,(H,30,31). The van der Waals surface area contributed by atoms with E-state index >= 15 is 0 Å². The van der Waals surface area contributed by atoms with Gasteiger partial charge in [-0.1, -0.05) is 74.1 Å². The van der Waals surface area contributed by atoms with Gasteiger partial charge in [0, 0.05) is 35.6 Å². The summed E-state index contributed by atoms with van der Waals surface area (Å²) in [5.74, 6) is -0.851. The highest BCUT2D eigenvalue weighted by atomic mass is 16.4. The Balaban J connectivity index is 1.70. The number of fused-ring (bicyclic) bond motifs is 1. The van der Waals surface area contributed by atoms with Gasteiger partial charge >= 0.3 is 5.97 Å². The fourth-order valence-corrected chi connectivity index (χ4v) is 4.90. The monoisotopic (exact) mass is 418 g/mol. The fraction of sp³-hybridized carbons (Fsp3) is 0.444. The molecule has 4 heteroatoms. The van der Waals surface area contributed by atoms with Crippen LogP contribution < -0.4 is 5.32 Å². The SMILES string of the molecule is Cc1ccc(Cn2c(C(=O)O)c(CNC3CCCCCCC3)c3ccc(C)cc32)cc1. The number of aromatic carboxylic acids is 1. The average molecular weight is 419 g/mol. The first kappa shape index (κ1) is 21.6. The Kier molecular flexibility index (Phi) is 6.77. The van der Waals surface area contributed by atoms with E-state index in [1.165, 1.54) is 50.5 Å². The van der Waals surface area contributed by atoms with Crippen LogP contribution in [0, 0.1) is 13.8 Å². The first-order valence-corrected chi connectivity index (χ1v) is 11.7. The average Bonchev–Trinajstić information content (AvgIpc) is 3.01. The number of rotatable bonds is 6. The van der Waals surface area contributed by atoms with Crippen LogP contribution in [-0.2, 0) is 13.1 Å². The van der Waals surface area contributed by atoms with Gasteiger partial charge in [-0.15, -0.1) is 0 Å². The number of hydrogen-bond donors (Lipinski definition) is 2. The van der Waals surface area contributed by atoms with Crippen LogP contribution in [0.3, 0.4) is 0 Å². The lowest BCUT2D eigenvalue weighted by atomic mass is 9.96. The van der Waals surface area contributed by atoms with Crippen molar-refractivity contribution in [1.29, 1.82) is 0 Å². The Labute approximate surface area is 185 Å². The highest BCUT2D eigenvalue weighted by Crippen LogP contribution is 2.29. The van der Waals surface area contributed by atoms with Crippen LogP contribution in [0.5, 0.6) is 0 Å². The molecule has 1 aliphatic rings. The summed E-state index contributed by atoms with van der Waals surface area (Å²) in [5, 5.41) is 15.0. The number of benzene rings is 2. The van der Waals surface area contributed by atoms with Gasteiger partial charge in [0.25, 0.3) is 0 Å². The molecule has 0 bridgehead atoms. The Morgan fingerprint density at radius 2 is 1.61 bits per heavy atom. The van der Waals surface area contributed by atoms with Crippen LogP contribution in [0.4, 0.5) is 0 Å². The molecule has 4 nitrogen and oxygen atoms in total. The van der Waals surface area contributed by atoms with Crippen LogP contribution in [0.1, 0.15) is 77.7 Å². The van der Waals surface area contributed by atoms with Crippen molar-refractivity contribution < 1.29 is 9.90 Å². The minimum atomic E-state index is -0.851. The van der Waals surface area contributed by atoms with Crippen LogP contribution in [0.2, 0.25) is 0 Å². The van der Waals surface area contributed by atoms with E-state index in [-0.39, 0.29) is 0 Å². The quantitative estimate of drug-likeness (QED) is 0.500. The van der Waals surface area contributed by atoms with E-state index in [1.807, 2.05) is 4.57 Å². The summed E-state index contributed by atoms with van der Waals surface area (Å²) in [6, 6.07) is 15.1.